The maximum Gasteiger partial charge on any atom is 0.100 e. The van der Waals surface area contributed by atoms with Gasteiger partial charge in [-0.25, -0.2) is 0 Å². The Morgan fingerprint density at radius 3 is 1.76 bits per heavy atom. The molecule has 37 heavy (non-hydrogen) atoms. The number of anilines is 1. The lowest BCUT2D eigenvalue weighted by Gasteiger charge is -2.48. The fraction of sp³-hybridized carbons (Fsp3) is 0.294. The van der Waals surface area contributed by atoms with Crippen molar-refractivity contribution in [3.8, 4) is 12.1 Å². The van der Waals surface area contributed by atoms with Crippen molar-refractivity contribution in [3.05, 3.63) is 88.0 Å². The summed E-state index contributed by atoms with van der Waals surface area (Å²) in [5.74, 6) is 0. The number of rotatable bonds is 2. The normalized spacial score (nSPS) is 17.5. The maximum atomic E-state index is 10.0. The van der Waals surface area contributed by atoms with Crippen LogP contribution in [0.5, 0.6) is 0 Å². The molecule has 0 atom stereocenters. The first-order valence-electron chi connectivity index (χ1n) is 13.1. The fourth-order valence-electron chi connectivity index (χ4n) is 6.29. The Kier molecular flexibility index (Phi) is 5.18. The van der Waals surface area contributed by atoms with Gasteiger partial charge in [0.1, 0.15) is 12.1 Å². The summed E-state index contributed by atoms with van der Waals surface area (Å²) in [5.41, 5.74) is 8.17. The predicted molar refractivity (Wildman–Crippen MR) is 154 cm³/mol. The summed E-state index contributed by atoms with van der Waals surface area (Å²) in [7, 11) is 0. The quantitative estimate of drug-likeness (QED) is 0.215. The lowest BCUT2D eigenvalue weighted by atomic mass is 9.69. The molecular weight excluding hydrogens is 450 g/mol. The molecule has 2 heterocycles. The molecule has 0 aromatic heterocycles. The third-order valence-corrected chi connectivity index (χ3v) is 8.66. The molecule has 6 rings (SSSR count). The van der Waals surface area contributed by atoms with Gasteiger partial charge in [0.25, 0.3) is 0 Å². The largest absolute Gasteiger partial charge is 0.371 e. The molecule has 3 heteroatoms. The van der Waals surface area contributed by atoms with E-state index in [1.165, 1.54) is 35.2 Å². The zero-order chi connectivity index (χ0) is 25.9. The van der Waals surface area contributed by atoms with E-state index in [2.05, 4.69) is 75.1 Å². The average molecular weight is 482 g/mol. The molecule has 0 saturated carbocycles. The zero-order valence-corrected chi connectivity index (χ0v) is 22.0. The third kappa shape index (κ3) is 3.61. The second-order valence-electron chi connectivity index (χ2n) is 11.9. The molecule has 3 nitrogen and oxygen atoms in total. The minimum Gasteiger partial charge on any atom is -0.371 e. The smallest absolute Gasteiger partial charge is 0.100 e. The van der Waals surface area contributed by atoms with Gasteiger partial charge in [0.2, 0.25) is 0 Å². The molecule has 0 amide bonds. The second-order valence-corrected chi connectivity index (χ2v) is 11.9. The van der Waals surface area contributed by atoms with Crippen LogP contribution < -0.4 is 4.90 Å². The highest BCUT2D eigenvalue weighted by atomic mass is 15.2. The van der Waals surface area contributed by atoms with Crippen LogP contribution in [0.25, 0.3) is 33.7 Å². The summed E-state index contributed by atoms with van der Waals surface area (Å²) >= 11 is 0. The molecule has 2 aliphatic heterocycles. The van der Waals surface area contributed by atoms with Crippen molar-refractivity contribution in [2.75, 3.05) is 18.0 Å². The van der Waals surface area contributed by atoms with E-state index in [1.807, 2.05) is 36.4 Å². The Hall–Kier alpha value is -4.08. The van der Waals surface area contributed by atoms with E-state index in [1.54, 1.807) is 0 Å². The van der Waals surface area contributed by atoms with Crippen LogP contribution in [0.3, 0.4) is 0 Å². The minimum absolute atomic E-state index is 0.150. The van der Waals surface area contributed by atoms with E-state index in [9.17, 15) is 10.5 Å². The molecule has 0 spiro atoms. The Balaban J connectivity index is 1.49. The standard InChI is InChI=1S/C34H31N3/c1-33(2)13-15-37-16-14-34(3,4)31-19-23(18-30(33)32(31)37)10-9-22-11-12-26-27(17-22)29(21-36)25-8-6-5-7-24(25)28(26)20-35/h5-12,17-19H,13-16H2,1-4H3/b10-9+. The van der Waals surface area contributed by atoms with Crippen LogP contribution in [0.2, 0.25) is 0 Å². The van der Waals surface area contributed by atoms with E-state index in [4.69, 9.17) is 0 Å². The number of nitriles is 2. The predicted octanol–water partition coefficient (Wildman–Crippen LogP) is 8.08. The van der Waals surface area contributed by atoms with Crippen LogP contribution in [-0.4, -0.2) is 13.1 Å². The van der Waals surface area contributed by atoms with Gasteiger partial charge in [0.05, 0.1) is 11.1 Å². The van der Waals surface area contributed by atoms with E-state index in [-0.39, 0.29) is 10.8 Å². The third-order valence-electron chi connectivity index (χ3n) is 8.66. The molecule has 0 saturated heterocycles. The average Bonchev–Trinajstić information content (AvgIpc) is 2.89. The first-order chi connectivity index (χ1) is 17.7. The van der Waals surface area contributed by atoms with Crippen molar-refractivity contribution in [2.45, 2.75) is 51.4 Å². The lowest BCUT2D eigenvalue weighted by Crippen LogP contribution is -2.44. The topological polar surface area (TPSA) is 50.8 Å². The number of hydrogen-bond acceptors (Lipinski definition) is 3. The highest BCUT2D eigenvalue weighted by Gasteiger charge is 2.39. The minimum atomic E-state index is 0.150. The number of nitrogens with zero attached hydrogens (tertiary/aromatic N) is 3. The monoisotopic (exact) mass is 481 g/mol. The zero-order valence-electron chi connectivity index (χ0n) is 22.0. The summed E-state index contributed by atoms with van der Waals surface area (Å²) in [6.45, 7) is 11.8. The summed E-state index contributed by atoms with van der Waals surface area (Å²) in [6.07, 6.45) is 6.68. The first-order valence-corrected chi connectivity index (χ1v) is 13.1. The molecule has 0 N–H and O–H groups in total. The second kappa shape index (κ2) is 8.22. The molecule has 4 aromatic carbocycles. The maximum absolute atomic E-state index is 10.0. The Bertz CT molecular complexity index is 1660. The lowest BCUT2D eigenvalue weighted by molar-refractivity contribution is 0.401. The van der Waals surface area contributed by atoms with Crippen LogP contribution in [0, 0.1) is 22.7 Å². The van der Waals surface area contributed by atoms with Crippen molar-refractivity contribution in [1.82, 2.24) is 0 Å². The summed E-state index contributed by atoms with van der Waals surface area (Å²) < 4.78 is 0. The molecule has 0 bridgehead atoms. The van der Waals surface area contributed by atoms with Crippen LogP contribution >= 0.6 is 0 Å². The molecule has 0 fully saturated rings. The summed E-state index contributed by atoms with van der Waals surface area (Å²) in [4.78, 5) is 2.60. The Morgan fingerprint density at radius 1 is 0.676 bits per heavy atom. The van der Waals surface area contributed by atoms with Crippen LogP contribution in [0.4, 0.5) is 5.69 Å². The molecule has 0 aliphatic carbocycles. The number of benzene rings is 4. The van der Waals surface area contributed by atoms with Gasteiger partial charge in [-0.1, -0.05) is 76.2 Å². The van der Waals surface area contributed by atoms with Gasteiger partial charge in [-0.3, -0.25) is 0 Å². The van der Waals surface area contributed by atoms with Crippen molar-refractivity contribution in [3.63, 3.8) is 0 Å². The van der Waals surface area contributed by atoms with Crippen molar-refractivity contribution >= 4 is 39.4 Å². The van der Waals surface area contributed by atoms with Crippen molar-refractivity contribution in [1.29, 1.82) is 10.5 Å². The van der Waals surface area contributed by atoms with E-state index >= 15 is 0 Å². The molecule has 182 valence electrons. The van der Waals surface area contributed by atoms with Crippen LogP contribution in [-0.2, 0) is 10.8 Å². The molecular formula is C34H31N3. The Morgan fingerprint density at radius 2 is 1.19 bits per heavy atom. The molecule has 0 unspecified atom stereocenters. The van der Waals surface area contributed by atoms with Crippen molar-refractivity contribution < 1.29 is 0 Å². The van der Waals surface area contributed by atoms with Gasteiger partial charge in [0, 0.05) is 40.3 Å². The highest BCUT2D eigenvalue weighted by molar-refractivity contribution is 6.09. The molecule has 4 aromatic rings. The van der Waals surface area contributed by atoms with Gasteiger partial charge < -0.3 is 4.90 Å². The van der Waals surface area contributed by atoms with Crippen molar-refractivity contribution in [2.24, 2.45) is 0 Å². The Labute approximate surface area is 219 Å². The molecule has 2 aliphatic rings. The van der Waals surface area contributed by atoms with Gasteiger partial charge in [0.15, 0.2) is 0 Å². The molecule has 0 radical (unpaired) electrons. The van der Waals surface area contributed by atoms with Gasteiger partial charge >= 0.3 is 0 Å². The van der Waals surface area contributed by atoms with Gasteiger partial charge in [-0.05, 0) is 64.1 Å². The fourth-order valence-corrected chi connectivity index (χ4v) is 6.29. The first kappa shape index (κ1) is 23.3. The summed E-state index contributed by atoms with van der Waals surface area (Å²) in [6, 6.07) is 23.3. The van der Waals surface area contributed by atoms with Crippen LogP contribution in [0.1, 0.15) is 73.9 Å². The number of fused-ring (bicyclic) bond motifs is 2. The SMILES string of the molecule is CC1(C)CCN2CCC(C)(C)c3cc(/C=C/c4ccc5c(C#N)c6ccccc6c(C#N)c5c4)cc1c32. The highest BCUT2D eigenvalue weighted by Crippen LogP contribution is 2.49. The summed E-state index contributed by atoms with van der Waals surface area (Å²) in [5, 5.41) is 23.3. The number of hydrogen-bond donors (Lipinski definition) is 0. The van der Waals surface area contributed by atoms with E-state index in [0.29, 0.717) is 11.1 Å². The van der Waals surface area contributed by atoms with Gasteiger partial charge in [-0.2, -0.15) is 10.5 Å². The van der Waals surface area contributed by atoms with E-state index in [0.717, 1.165) is 40.2 Å². The van der Waals surface area contributed by atoms with E-state index < -0.39 is 0 Å². The van der Waals surface area contributed by atoms with Gasteiger partial charge in [-0.15, -0.1) is 0 Å². The van der Waals surface area contributed by atoms with Crippen LogP contribution in [0.15, 0.2) is 54.6 Å².